The quantitative estimate of drug-likeness (QED) is 0.570. The number of rotatable bonds is 3. The number of aliphatic hydroxyl groups excluding tert-OH is 1. The van der Waals surface area contributed by atoms with E-state index < -0.39 is 6.10 Å². The van der Waals surface area contributed by atoms with E-state index in [1.165, 1.54) is 6.42 Å². The van der Waals surface area contributed by atoms with Crippen molar-refractivity contribution in [3.63, 3.8) is 0 Å². The van der Waals surface area contributed by atoms with Gasteiger partial charge in [0.2, 0.25) is 0 Å². The van der Waals surface area contributed by atoms with Gasteiger partial charge in [0.1, 0.15) is 0 Å². The second kappa shape index (κ2) is 4.30. The van der Waals surface area contributed by atoms with Crippen LogP contribution in [0.15, 0.2) is 0 Å². The number of nitrogens with one attached hydrogen (secondary N) is 2. The van der Waals surface area contributed by atoms with Gasteiger partial charge in [0.05, 0.1) is 6.10 Å². The van der Waals surface area contributed by atoms with E-state index in [1.807, 2.05) is 0 Å². The van der Waals surface area contributed by atoms with Crippen molar-refractivity contribution in [2.24, 2.45) is 0 Å². The standard InChI is InChI=1S/C8H16N2O2/c1-6(11)5-9-8(12)10-7-3-2-4-7/h6-7,11H,2-5H2,1H3,(H2,9,10,12). The summed E-state index contributed by atoms with van der Waals surface area (Å²) in [6.45, 7) is 1.96. The highest BCUT2D eigenvalue weighted by Gasteiger charge is 2.18. The van der Waals surface area contributed by atoms with Gasteiger partial charge in [-0.05, 0) is 26.2 Å². The second-order valence-electron chi connectivity index (χ2n) is 3.33. The normalized spacial score (nSPS) is 19.5. The van der Waals surface area contributed by atoms with Crippen molar-refractivity contribution < 1.29 is 9.90 Å². The Hall–Kier alpha value is -0.770. The molecule has 0 saturated heterocycles. The largest absolute Gasteiger partial charge is 0.392 e. The van der Waals surface area contributed by atoms with E-state index in [2.05, 4.69) is 10.6 Å². The Morgan fingerprint density at radius 3 is 2.75 bits per heavy atom. The first kappa shape index (κ1) is 9.32. The van der Waals surface area contributed by atoms with Crippen LogP contribution in [0.2, 0.25) is 0 Å². The van der Waals surface area contributed by atoms with Gasteiger partial charge in [-0.2, -0.15) is 0 Å². The number of aliphatic hydroxyl groups is 1. The molecule has 1 rings (SSSR count). The maximum Gasteiger partial charge on any atom is 0.315 e. The van der Waals surface area contributed by atoms with Crippen LogP contribution in [-0.2, 0) is 0 Å². The molecule has 0 bridgehead atoms. The molecule has 4 nitrogen and oxygen atoms in total. The van der Waals surface area contributed by atoms with Crippen molar-refractivity contribution >= 4 is 6.03 Å². The summed E-state index contributed by atoms with van der Waals surface area (Å²) in [4.78, 5) is 11.0. The van der Waals surface area contributed by atoms with Crippen molar-refractivity contribution in [1.29, 1.82) is 0 Å². The fraction of sp³-hybridized carbons (Fsp3) is 0.875. The van der Waals surface area contributed by atoms with Gasteiger partial charge in [0.15, 0.2) is 0 Å². The summed E-state index contributed by atoms with van der Waals surface area (Å²) in [7, 11) is 0. The fourth-order valence-corrected chi connectivity index (χ4v) is 1.03. The predicted molar refractivity (Wildman–Crippen MR) is 45.9 cm³/mol. The van der Waals surface area contributed by atoms with Crippen LogP contribution < -0.4 is 10.6 Å². The average molecular weight is 172 g/mol. The van der Waals surface area contributed by atoms with Gasteiger partial charge in [0.25, 0.3) is 0 Å². The van der Waals surface area contributed by atoms with E-state index in [0.29, 0.717) is 12.6 Å². The maximum atomic E-state index is 11.0. The topological polar surface area (TPSA) is 61.4 Å². The first-order valence-electron chi connectivity index (χ1n) is 4.41. The Bertz CT molecular complexity index is 155. The highest BCUT2D eigenvalue weighted by atomic mass is 16.3. The van der Waals surface area contributed by atoms with Gasteiger partial charge in [0, 0.05) is 12.6 Å². The van der Waals surface area contributed by atoms with Gasteiger partial charge in [-0.1, -0.05) is 0 Å². The molecule has 0 radical (unpaired) electrons. The lowest BCUT2D eigenvalue weighted by atomic mass is 9.93. The Labute approximate surface area is 72.3 Å². The zero-order valence-corrected chi connectivity index (χ0v) is 7.34. The van der Waals surface area contributed by atoms with Gasteiger partial charge < -0.3 is 15.7 Å². The molecule has 70 valence electrons. The minimum Gasteiger partial charge on any atom is -0.392 e. The molecule has 3 N–H and O–H groups in total. The molecule has 0 aromatic heterocycles. The summed E-state index contributed by atoms with van der Waals surface area (Å²) in [6.07, 6.45) is 2.91. The molecule has 2 amide bonds. The average Bonchev–Trinajstić information content (AvgIpc) is 1.93. The van der Waals surface area contributed by atoms with E-state index in [4.69, 9.17) is 5.11 Å². The zero-order valence-electron chi connectivity index (χ0n) is 7.34. The number of carbonyl (C=O) groups excluding carboxylic acids is 1. The molecular formula is C8H16N2O2. The van der Waals surface area contributed by atoms with E-state index in [0.717, 1.165) is 12.8 Å². The monoisotopic (exact) mass is 172 g/mol. The molecular weight excluding hydrogens is 156 g/mol. The molecule has 4 heteroatoms. The van der Waals surface area contributed by atoms with Crippen LogP contribution in [0.25, 0.3) is 0 Å². The van der Waals surface area contributed by atoms with Crippen LogP contribution >= 0.6 is 0 Å². The van der Waals surface area contributed by atoms with Crippen LogP contribution in [0, 0.1) is 0 Å². The molecule has 1 fully saturated rings. The SMILES string of the molecule is CC(O)CNC(=O)NC1CCC1. The molecule has 1 saturated carbocycles. The zero-order chi connectivity index (χ0) is 8.97. The van der Waals surface area contributed by atoms with Crippen LogP contribution in [0.5, 0.6) is 0 Å². The Balaban J connectivity index is 2.03. The molecule has 0 aromatic rings. The molecule has 12 heavy (non-hydrogen) atoms. The lowest BCUT2D eigenvalue weighted by Crippen LogP contribution is -2.46. The van der Waals surface area contributed by atoms with Crippen molar-refractivity contribution in [2.45, 2.75) is 38.3 Å². The molecule has 1 aliphatic carbocycles. The third kappa shape index (κ3) is 3.09. The summed E-state index contributed by atoms with van der Waals surface area (Å²) in [5.74, 6) is 0. The Morgan fingerprint density at radius 2 is 2.33 bits per heavy atom. The maximum absolute atomic E-state index is 11.0. The van der Waals surface area contributed by atoms with Gasteiger partial charge in [-0.25, -0.2) is 4.79 Å². The van der Waals surface area contributed by atoms with Gasteiger partial charge in [-0.3, -0.25) is 0 Å². The van der Waals surface area contributed by atoms with Crippen LogP contribution in [-0.4, -0.2) is 29.8 Å². The number of hydrogen-bond donors (Lipinski definition) is 3. The minimum atomic E-state index is -0.475. The second-order valence-corrected chi connectivity index (χ2v) is 3.33. The third-order valence-electron chi connectivity index (χ3n) is 2.00. The minimum absolute atomic E-state index is 0.166. The first-order valence-corrected chi connectivity index (χ1v) is 4.41. The highest BCUT2D eigenvalue weighted by Crippen LogP contribution is 2.17. The van der Waals surface area contributed by atoms with E-state index in [9.17, 15) is 4.79 Å². The predicted octanol–water partition coefficient (Wildman–Crippen LogP) is 0.219. The summed E-state index contributed by atoms with van der Waals surface area (Å²) < 4.78 is 0. The molecule has 0 aliphatic heterocycles. The van der Waals surface area contributed by atoms with E-state index in [1.54, 1.807) is 6.92 Å². The fourth-order valence-electron chi connectivity index (χ4n) is 1.03. The van der Waals surface area contributed by atoms with Gasteiger partial charge >= 0.3 is 6.03 Å². The van der Waals surface area contributed by atoms with Gasteiger partial charge in [-0.15, -0.1) is 0 Å². The summed E-state index contributed by atoms with van der Waals surface area (Å²) >= 11 is 0. The van der Waals surface area contributed by atoms with Crippen molar-refractivity contribution in [3.05, 3.63) is 0 Å². The molecule has 1 aliphatic rings. The summed E-state index contributed by atoms with van der Waals surface area (Å²) in [5.41, 5.74) is 0. The molecule has 0 aromatic carbocycles. The molecule has 1 unspecified atom stereocenters. The van der Waals surface area contributed by atoms with Crippen molar-refractivity contribution in [2.75, 3.05) is 6.54 Å². The van der Waals surface area contributed by atoms with Crippen LogP contribution in [0.3, 0.4) is 0 Å². The van der Waals surface area contributed by atoms with E-state index in [-0.39, 0.29) is 6.03 Å². The number of carbonyl (C=O) groups is 1. The van der Waals surface area contributed by atoms with Crippen molar-refractivity contribution in [3.8, 4) is 0 Å². The number of amides is 2. The highest BCUT2D eigenvalue weighted by molar-refractivity contribution is 5.74. The lowest BCUT2D eigenvalue weighted by molar-refractivity contribution is 0.185. The molecule has 0 heterocycles. The van der Waals surface area contributed by atoms with Crippen LogP contribution in [0.4, 0.5) is 4.79 Å². The number of hydrogen-bond acceptors (Lipinski definition) is 2. The smallest absolute Gasteiger partial charge is 0.315 e. The Morgan fingerprint density at radius 1 is 1.67 bits per heavy atom. The first-order chi connectivity index (χ1) is 5.68. The third-order valence-corrected chi connectivity index (χ3v) is 2.00. The Kier molecular flexibility index (Phi) is 3.34. The van der Waals surface area contributed by atoms with E-state index >= 15 is 0 Å². The summed E-state index contributed by atoms with van der Waals surface area (Å²) in [5, 5.41) is 14.3. The van der Waals surface area contributed by atoms with Crippen molar-refractivity contribution in [1.82, 2.24) is 10.6 Å². The molecule has 0 spiro atoms. The number of urea groups is 1. The molecule has 1 atom stereocenters. The summed E-state index contributed by atoms with van der Waals surface area (Å²) in [6, 6.07) is 0.194. The van der Waals surface area contributed by atoms with Crippen LogP contribution in [0.1, 0.15) is 26.2 Å². The lowest BCUT2D eigenvalue weighted by Gasteiger charge is -2.26.